The first-order valence-corrected chi connectivity index (χ1v) is 6.60. The molecule has 1 unspecified atom stereocenters. The van der Waals surface area contributed by atoms with Gasteiger partial charge in [-0.25, -0.2) is 0 Å². The lowest BCUT2D eigenvalue weighted by Gasteiger charge is -2.13. The van der Waals surface area contributed by atoms with Crippen molar-refractivity contribution in [2.45, 2.75) is 26.3 Å². The van der Waals surface area contributed by atoms with Crippen LogP contribution >= 0.6 is 0 Å². The van der Waals surface area contributed by atoms with E-state index in [1.54, 1.807) is 0 Å². The minimum atomic E-state index is -0.146. The average Bonchev–Trinajstić information content (AvgIpc) is 2.45. The van der Waals surface area contributed by atoms with Gasteiger partial charge in [-0.2, -0.15) is 0 Å². The minimum absolute atomic E-state index is 0.146. The van der Waals surface area contributed by atoms with Crippen LogP contribution < -0.4 is 10.5 Å². The summed E-state index contributed by atoms with van der Waals surface area (Å²) in [5, 5.41) is 0. The van der Waals surface area contributed by atoms with Crippen LogP contribution in [0.25, 0.3) is 0 Å². The van der Waals surface area contributed by atoms with E-state index in [0.717, 1.165) is 35.5 Å². The van der Waals surface area contributed by atoms with E-state index in [9.17, 15) is 0 Å². The summed E-state index contributed by atoms with van der Waals surface area (Å²) in [6, 6.07) is 9.88. The predicted octanol–water partition coefficient (Wildman–Crippen LogP) is 3.23. The summed E-state index contributed by atoms with van der Waals surface area (Å²) in [6.07, 6.45) is 4.66. The molecule has 0 aliphatic rings. The van der Waals surface area contributed by atoms with E-state index in [0.29, 0.717) is 0 Å². The number of hydrogen-bond donors (Lipinski definition) is 1. The first-order chi connectivity index (χ1) is 9.20. The predicted molar refractivity (Wildman–Crippen MR) is 77.2 cm³/mol. The van der Waals surface area contributed by atoms with Crippen LogP contribution in [0, 0.1) is 6.92 Å². The Morgan fingerprint density at radius 3 is 2.53 bits per heavy atom. The standard InChI is InChI=1S/C16H20N2O/c1-3-8-19-15-6-4-13(5-7-15)16(17)14-9-12(2)10-18-11-14/h4-7,9-11,16H,3,8,17H2,1-2H3. The summed E-state index contributed by atoms with van der Waals surface area (Å²) in [4.78, 5) is 4.18. The molecule has 3 heteroatoms. The summed E-state index contributed by atoms with van der Waals surface area (Å²) >= 11 is 0. The van der Waals surface area contributed by atoms with Gasteiger partial charge in [0, 0.05) is 12.4 Å². The van der Waals surface area contributed by atoms with Gasteiger partial charge in [-0.05, 0) is 42.2 Å². The highest BCUT2D eigenvalue weighted by atomic mass is 16.5. The molecule has 0 radical (unpaired) electrons. The molecule has 0 aliphatic heterocycles. The molecule has 1 heterocycles. The van der Waals surface area contributed by atoms with Crippen LogP contribution in [0.1, 0.15) is 36.1 Å². The van der Waals surface area contributed by atoms with E-state index < -0.39 is 0 Å². The Labute approximate surface area is 114 Å². The molecule has 100 valence electrons. The zero-order valence-corrected chi connectivity index (χ0v) is 11.5. The Kier molecular flexibility index (Phi) is 4.53. The molecule has 0 saturated carbocycles. The molecule has 2 rings (SSSR count). The molecule has 19 heavy (non-hydrogen) atoms. The fourth-order valence-corrected chi connectivity index (χ4v) is 1.93. The maximum atomic E-state index is 6.25. The molecule has 0 aliphatic carbocycles. The molecule has 0 fully saturated rings. The topological polar surface area (TPSA) is 48.1 Å². The Balaban J connectivity index is 2.13. The normalized spacial score (nSPS) is 12.2. The lowest BCUT2D eigenvalue weighted by atomic mass is 10.0. The van der Waals surface area contributed by atoms with Crippen molar-refractivity contribution in [2.24, 2.45) is 5.73 Å². The third-order valence-electron chi connectivity index (χ3n) is 2.97. The number of aryl methyl sites for hydroxylation is 1. The van der Waals surface area contributed by atoms with Crippen molar-refractivity contribution in [1.82, 2.24) is 4.98 Å². The number of nitrogens with two attached hydrogens (primary N) is 1. The molecule has 1 aromatic carbocycles. The van der Waals surface area contributed by atoms with E-state index in [1.807, 2.05) is 43.6 Å². The summed E-state index contributed by atoms with van der Waals surface area (Å²) in [5.74, 6) is 0.889. The van der Waals surface area contributed by atoms with Gasteiger partial charge in [0.25, 0.3) is 0 Å². The van der Waals surface area contributed by atoms with Crippen molar-refractivity contribution >= 4 is 0 Å². The summed E-state index contributed by atoms with van der Waals surface area (Å²) in [6.45, 7) is 4.85. The molecule has 1 atom stereocenters. The maximum Gasteiger partial charge on any atom is 0.119 e. The molecule has 0 bridgehead atoms. The van der Waals surface area contributed by atoms with Gasteiger partial charge in [0.05, 0.1) is 12.6 Å². The van der Waals surface area contributed by atoms with E-state index >= 15 is 0 Å². The van der Waals surface area contributed by atoms with Gasteiger partial charge in [0.2, 0.25) is 0 Å². The Morgan fingerprint density at radius 1 is 1.16 bits per heavy atom. The SMILES string of the molecule is CCCOc1ccc(C(N)c2cncc(C)c2)cc1. The zero-order chi connectivity index (χ0) is 13.7. The van der Waals surface area contributed by atoms with Crippen molar-refractivity contribution in [3.05, 3.63) is 59.4 Å². The minimum Gasteiger partial charge on any atom is -0.494 e. The highest BCUT2D eigenvalue weighted by Crippen LogP contribution is 2.22. The number of pyridine rings is 1. The number of nitrogens with zero attached hydrogens (tertiary/aromatic N) is 1. The molecular formula is C16H20N2O. The van der Waals surface area contributed by atoms with Gasteiger partial charge in [-0.3, -0.25) is 4.98 Å². The second-order valence-electron chi connectivity index (χ2n) is 4.69. The number of aromatic nitrogens is 1. The Bertz CT molecular complexity index is 523. The number of hydrogen-bond acceptors (Lipinski definition) is 3. The quantitative estimate of drug-likeness (QED) is 0.893. The van der Waals surface area contributed by atoms with Crippen LogP contribution in [0.3, 0.4) is 0 Å². The first-order valence-electron chi connectivity index (χ1n) is 6.60. The molecule has 2 aromatic rings. The van der Waals surface area contributed by atoms with Crippen molar-refractivity contribution in [3.63, 3.8) is 0 Å². The van der Waals surface area contributed by atoms with Gasteiger partial charge in [0.15, 0.2) is 0 Å². The number of benzene rings is 1. The average molecular weight is 256 g/mol. The Hall–Kier alpha value is -1.87. The monoisotopic (exact) mass is 256 g/mol. The van der Waals surface area contributed by atoms with Gasteiger partial charge in [-0.15, -0.1) is 0 Å². The van der Waals surface area contributed by atoms with Crippen LogP contribution in [0.2, 0.25) is 0 Å². The molecule has 0 spiro atoms. The van der Waals surface area contributed by atoms with Crippen molar-refractivity contribution in [3.8, 4) is 5.75 Å². The van der Waals surface area contributed by atoms with Gasteiger partial charge < -0.3 is 10.5 Å². The second kappa shape index (κ2) is 6.34. The molecule has 0 saturated heterocycles. The molecule has 2 N–H and O–H groups in total. The highest BCUT2D eigenvalue weighted by Gasteiger charge is 2.09. The van der Waals surface area contributed by atoms with E-state index in [1.165, 1.54) is 0 Å². The fourth-order valence-electron chi connectivity index (χ4n) is 1.93. The lowest BCUT2D eigenvalue weighted by molar-refractivity contribution is 0.317. The largest absolute Gasteiger partial charge is 0.494 e. The summed E-state index contributed by atoms with van der Waals surface area (Å²) in [5.41, 5.74) is 9.47. The van der Waals surface area contributed by atoms with Crippen LogP contribution in [0.5, 0.6) is 5.75 Å². The van der Waals surface area contributed by atoms with Crippen molar-refractivity contribution < 1.29 is 4.74 Å². The lowest BCUT2D eigenvalue weighted by Crippen LogP contribution is -2.12. The zero-order valence-electron chi connectivity index (χ0n) is 11.5. The van der Waals surface area contributed by atoms with E-state index in [2.05, 4.69) is 18.0 Å². The summed E-state index contributed by atoms with van der Waals surface area (Å²) in [7, 11) is 0. The first kappa shape index (κ1) is 13.6. The van der Waals surface area contributed by atoms with Crippen LogP contribution in [0.15, 0.2) is 42.7 Å². The second-order valence-corrected chi connectivity index (χ2v) is 4.69. The smallest absolute Gasteiger partial charge is 0.119 e. The molecule has 0 amide bonds. The third kappa shape index (κ3) is 3.55. The van der Waals surface area contributed by atoms with Crippen LogP contribution in [-0.2, 0) is 0 Å². The van der Waals surface area contributed by atoms with Gasteiger partial charge >= 0.3 is 0 Å². The maximum absolute atomic E-state index is 6.25. The highest BCUT2D eigenvalue weighted by molar-refractivity contribution is 5.35. The molecular weight excluding hydrogens is 236 g/mol. The number of rotatable bonds is 5. The van der Waals surface area contributed by atoms with E-state index in [4.69, 9.17) is 10.5 Å². The molecule has 3 nitrogen and oxygen atoms in total. The van der Waals surface area contributed by atoms with Gasteiger partial charge in [0.1, 0.15) is 5.75 Å². The van der Waals surface area contributed by atoms with Crippen molar-refractivity contribution in [2.75, 3.05) is 6.61 Å². The third-order valence-corrected chi connectivity index (χ3v) is 2.97. The van der Waals surface area contributed by atoms with Crippen molar-refractivity contribution in [1.29, 1.82) is 0 Å². The van der Waals surface area contributed by atoms with Gasteiger partial charge in [-0.1, -0.05) is 25.1 Å². The fraction of sp³-hybridized carbons (Fsp3) is 0.312. The Morgan fingerprint density at radius 2 is 1.89 bits per heavy atom. The summed E-state index contributed by atoms with van der Waals surface area (Å²) < 4.78 is 5.56. The number of ether oxygens (including phenoxy) is 1. The molecule has 1 aromatic heterocycles. The van der Waals surface area contributed by atoms with Crippen LogP contribution in [0.4, 0.5) is 0 Å². The van der Waals surface area contributed by atoms with Crippen LogP contribution in [-0.4, -0.2) is 11.6 Å². The van der Waals surface area contributed by atoms with E-state index in [-0.39, 0.29) is 6.04 Å².